The Balaban J connectivity index is 1.97. The van der Waals surface area contributed by atoms with Crippen molar-refractivity contribution in [2.45, 2.75) is 38.1 Å². The summed E-state index contributed by atoms with van der Waals surface area (Å²) in [5.41, 5.74) is -0.236. The molecule has 0 bridgehead atoms. The lowest BCUT2D eigenvalue weighted by Crippen LogP contribution is -2.40. The maximum atomic E-state index is 12.2. The van der Waals surface area contributed by atoms with Gasteiger partial charge in [-0.15, -0.1) is 0 Å². The van der Waals surface area contributed by atoms with Crippen LogP contribution < -0.4 is 4.74 Å². The Bertz CT molecular complexity index is 558. The van der Waals surface area contributed by atoms with Crippen molar-refractivity contribution in [1.29, 1.82) is 0 Å². The van der Waals surface area contributed by atoms with E-state index in [2.05, 4.69) is 0 Å². The van der Waals surface area contributed by atoms with Gasteiger partial charge in [-0.05, 0) is 25.0 Å². The molecule has 0 aliphatic heterocycles. The van der Waals surface area contributed by atoms with E-state index in [4.69, 9.17) is 16.3 Å². The van der Waals surface area contributed by atoms with Crippen molar-refractivity contribution in [2.75, 3.05) is 13.7 Å². The molecule has 0 heterocycles. The smallest absolute Gasteiger partial charge is 0.312 e. The summed E-state index contributed by atoms with van der Waals surface area (Å²) in [5, 5.41) is 11.2. The monoisotopic (exact) mass is 326 g/mol. The van der Waals surface area contributed by atoms with Gasteiger partial charge in [0, 0.05) is 24.2 Å². The molecule has 0 atom stereocenters. The molecule has 1 aliphatic carbocycles. The van der Waals surface area contributed by atoms with E-state index >= 15 is 0 Å². The maximum Gasteiger partial charge on any atom is 0.312 e. The fourth-order valence-corrected chi connectivity index (χ4v) is 2.83. The van der Waals surface area contributed by atoms with Crippen molar-refractivity contribution < 1.29 is 14.5 Å². The zero-order valence-corrected chi connectivity index (χ0v) is 13.2. The normalized spacial score (nSPS) is 15.4. The first kappa shape index (κ1) is 16.5. The number of nitro groups is 1. The number of nitro benzene ring substituents is 1. The second-order valence-corrected chi connectivity index (χ2v) is 5.89. The molecule has 22 heavy (non-hydrogen) atoms. The van der Waals surface area contributed by atoms with Crippen LogP contribution in [-0.2, 0) is 4.79 Å². The predicted octanol–water partition coefficient (Wildman–Crippen LogP) is 3.42. The van der Waals surface area contributed by atoms with Gasteiger partial charge in [0.2, 0.25) is 0 Å². The topological polar surface area (TPSA) is 72.7 Å². The molecule has 1 aliphatic rings. The van der Waals surface area contributed by atoms with Crippen molar-refractivity contribution in [1.82, 2.24) is 4.90 Å². The quantitative estimate of drug-likeness (QED) is 0.614. The minimum atomic E-state index is -0.573. The number of rotatable bonds is 5. The van der Waals surface area contributed by atoms with Crippen LogP contribution in [0, 0.1) is 10.1 Å². The van der Waals surface area contributed by atoms with Gasteiger partial charge in [-0.3, -0.25) is 14.9 Å². The van der Waals surface area contributed by atoms with Crippen LogP contribution in [-0.4, -0.2) is 35.4 Å². The molecule has 0 aromatic heterocycles. The Morgan fingerprint density at radius 2 is 2.09 bits per heavy atom. The van der Waals surface area contributed by atoms with Crippen LogP contribution in [0.2, 0.25) is 5.02 Å². The summed E-state index contributed by atoms with van der Waals surface area (Å²) in [5.74, 6) is -0.115. The number of halogens is 1. The number of amides is 1. The number of benzene rings is 1. The van der Waals surface area contributed by atoms with Crippen molar-refractivity contribution >= 4 is 23.2 Å². The highest BCUT2D eigenvalue weighted by molar-refractivity contribution is 6.30. The molecule has 1 amide bonds. The minimum absolute atomic E-state index is 0.0554. The van der Waals surface area contributed by atoms with Crippen LogP contribution in [0.5, 0.6) is 5.75 Å². The highest BCUT2D eigenvalue weighted by Crippen LogP contribution is 2.30. The molecule has 0 spiro atoms. The fourth-order valence-electron chi connectivity index (χ4n) is 2.67. The number of carbonyl (C=O) groups is 1. The molecule has 0 N–H and O–H groups in total. The van der Waals surface area contributed by atoms with Crippen LogP contribution in [0.1, 0.15) is 32.1 Å². The number of hydrogen-bond donors (Lipinski definition) is 0. The molecule has 120 valence electrons. The SMILES string of the molecule is CN(C(=O)COc1ccc(Cl)cc1[N+](=O)[O-])C1CCCCC1. The Morgan fingerprint density at radius 1 is 1.41 bits per heavy atom. The van der Waals surface area contributed by atoms with E-state index in [1.807, 2.05) is 0 Å². The van der Waals surface area contributed by atoms with E-state index in [9.17, 15) is 14.9 Å². The van der Waals surface area contributed by atoms with Gasteiger partial charge in [-0.25, -0.2) is 0 Å². The van der Waals surface area contributed by atoms with Crippen LogP contribution in [0.25, 0.3) is 0 Å². The number of likely N-dealkylation sites (N-methyl/N-ethyl adjacent to an activating group) is 1. The van der Waals surface area contributed by atoms with Crippen LogP contribution in [0.15, 0.2) is 18.2 Å². The van der Waals surface area contributed by atoms with Crippen molar-refractivity contribution in [2.24, 2.45) is 0 Å². The molecular formula is C15H19ClN2O4. The van der Waals surface area contributed by atoms with E-state index < -0.39 is 4.92 Å². The van der Waals surface area contributed by atoms with Crippen molar-refractivity contribution in [3.8, 4) is 5.75 Å². The average Bonchev–Trinajstić information content (AvgIpc) is 2.53. The Labute approximate surface area is 134 Å². The molecule has 1 saturated carbocycles. The molecule has 1 fully saturated rings. The zero-order valence-electron chi connectivity index (χ0n) is 12.5. The molecule has 7 heteroatoms. The van der Waals surface area contributed by atoms with E-state index in [0.29, 0.717) is 0 Å². The number of hydrogen-bond acceptors (Lipinski definition) is 4. The third-order valence-electron chi connectivity index (χ3n) is 3.98. The second-order valence-electron chi connectivity index (χ2n) is 5.45. The Kier molecular flexibility index (Phi) is 5.60. The number of ether oxygens (including phenoxy) is 1. The lowest BCUT2D eigenvalue weighted by Gasteiger charge is -2.31. The van der Waals surface area contributed by atoms with Gasteiger partial charge in [-0.1, -0.05) is 30.9 Å². The highest BCUT2D eigenvalue weighted by Gasteiger charge is 2.23. The van der Waals surface area contributed by atoms with Gasteiger partial charge in [0.1, 0.15) is 0 Å². The summed E-state index contributed by atoms with van der Waals surface area (Å²) >= 11 is 5.74. The fraction of sp³-hybridized carbons (Fsp3) is 0.533. The standard InChI is InChI=1S/C15H19ClN2O4/c1-17(12-5-3-2-4-6-12)15(19)10-22-14-8-7-11(16)9-13(14)18(20)21/h7-9,12H,2-6,10H2,1H3. The lowest BCUT2D eigenvalue weighted by atomic mass is 9.94. The van der Waals surface area contributed by atoms with E-state index in [-0.39, 0.29) is 35.0 Å². The van der Waals surface area contributed by atoms with Gasteiger partial charge in [0.05, 0.1) is 4.92 Å². The summed E-state index contributed by atoms with van der Waals surface area (Å²) in [7, 11) is 1.76. The number of carbonyl (C=O) groups excluding carboxylic acids is 1. The summed E-state index contributed by atoms with van der Waals surface area (Å²) in [4.78, 5) is 24.3. The van der Waals surface area contributed by atoms with Gasteiger partial charge >= 0.3 is 5.69 Å². The molecular weight excluding hydrogens is 308 g/mol. The predicted molar refractivity (Wildman–Crippen MR) is 83.2 cm³/mol. The van der Waals surface area contributed by atoms with Crippen LogP contribution in [0.4, 0.5) is 5.69 Å². The third-order valence-corrected chi connectivity index (χ3v) is 4.22. The van der Waals surface area contributed by atoms with Gasteiger partial charge in [0.25, 0.3) is 5.91 Å². The first-order valence-electron chi connectivity index (χ1n) is 7.31. The first-order chi connectivity index (χ1) is 10.5. The van der Waals surface area contributed by atoms with Crippen LogP contribution in [0.3, 0.4) is 0 Å². The average molecular weight is 327 g/mol. The van der Waals surface area contributed by atoms with Crippen molar-refractivity contribution in [3.63, 3.8) is 0 Å². The van der Waals surface area contributed by atoms with Crippen LogP contribution >= 0.6 is 11.6 Å². The van der Waals surface area contributed by atoms with Crippen molar-refractivity contribution in [3.05, 3.63) is 33.3 Å². The number of nitrogens with zero attached hydrogens (tertiary/aromatic N) is 2. The summed E-state index contributed by atoms with van der Waals surface area (Å²) in [6.45, 7) is -0.213. The lowest BCUT2D eigenvalue weighted by molar-refractivity contribution is -0.385. The minimum Gasteiger partial charge on any atom is -0.477 e. The maximum absolute atomic E-state index is 12.2. The summed E-state index contributed by atoms with van der Waals surface area (Å²) in [6, 6.07) is 4.37. The van der Waals surface area contributed by atoms with Gasteiger partial charge in [0.15, 0.2) is 12.4 Å². The molecule has 0 unspecified atom stereocenters. The van der Waals surface area contributed by atoms with E-state index in [1.165, 1.54) is 24.6 Å². The Hall–Kier alpha value is -1.82. The zero-order chi connectivity index (χ0) is 16.1. The summed E-state index contributed by atoms with van der Waals surface area (Å²) in [6.07, 6.45) is 5.48. The largest absolute Gasteiger partial charge is 0.477 e. The Morgan fingerprint density at radius 3 is 2.73 bits per heavy atom. The first-order valence-corrected chi connectivity index (χ1v) is 7.69. The molecule has 0 saturated heterocycles. The van der Waals surface area contributed by atoms with Gasteiger partial charge < -0.3 is 9.64 Å². The summed E-state index contributed by atoms with van der Waals surface area (Å²) < 4.78 is 5.34. The molecule has 1 aromatic carbocycles. The van der Waals surface area contributed by atoms with E-state index in [0.717, 1.165) is 25.7 Å². The van der Waals surface area contributed by atoms with E-state index in [1.54, 1.807) is 11.9 Å². The molecule has 0 radical (unpaired) electrons. The molecule has 2 rings (SSSR count). The molecule has 6 nitrogen and oxygen atoms in total. The third kappa shape index (κ3) is 4.10. The highest BCUT2D eigenvalue weighted by atomic mass is 35.5. The van der Waals surface area contributed by atoms with Gasteiger partial charge in [-0.2, -0.15) is 0 Å². The molecule has 1 aromatic rings. The second kappa shape index (κ2) is 7.45.